The molecule has 0 saturated heterocycles. The van der Waals surface area contributed by atoms with Crippen LogP contribution in [0.4, 0.5) is 0 Å². The SMILES string of the molecule is O=S(=O)(NCCOc1ccccc1)c1cc(Br)cnc1Cl. The summed E-state index contributed by atoms with van der Waals surface area (Å²) in [7, 11) is -3.72. The molecule has 0 spiro atoms. The van der Waals surface area contributed by atoms with Crippen LogP contribution in [0, 0.1) is 0 Å². The van der Waals surface area contributed by atoms with Gasteiger partial charge < -0.3 is 4.74 Å². The zero-order valence-corrected chi connectivity index (χ0v) is 14.0. The highest BCUT2D eigenvalue weighted by atomic mass is 79.9. The van der Waals surface area contributed by atoms with E-state index in [1.165, 1.54) is 12.3 Å². The second-order valence-corrected chi connectivity index (χ2v) is 7.01. The number of benzene rings is 1. The Hall–Kier alpha value is -1.15. The van der Waals surface area contributed by atoms with E-state index in [0.29, 0.717) is 10.2 Å². The number of halogens is 2. The summed E-state index contributed by atoms with van der Waals surface area (Å²) < 4.78 is 32.6. The van der Waals surface area contributed by atoms with Gasteiger partial charge in [0.15, 0.2) is 0 Å². The molecule has 1 aromatic heterocycles. The minimum Gasteiger partial charge on any atom is -0.492 e. The maximum atomic E-state index is 12.1. The number of para-hydroxylation sites is 1. The molecule has 0 unspecified atom stereocenters. The number of sulfonamides is 1. The fourth-order valence-corrected chi connectivity index (χ4v) is 3.49. The van der Waals surface area contributed by atoms with Crippen molar-refractivity contribution in [3.8, 4) is 5.75 Å². The van der Waals surface area contributed by atoms with Crippen molar-refractivity contribution in [1.82, 2.24) is 9.71 Å². The van der Waals surface area contributed by atoms with E-state index in [0.717, 1.165) is 0 Å². The van der Waals surface area contributed by atoms with E-state index >= 15 is 0 Å². The fourth-order valence-electron chi connectivity index (χ4n) is 1.53. The molecule has 0 aliphatic carbocycles. The van der Waals surface area contributed by atoms with E-state index in [1.807, 2.05) is 18.2 Å². The summed E-state index contributed by atoms with van der Waals surface area (Å²) >= 11 is 8.97. The van der Waals surface area contributed by atoms with E-state index in [9.17, 15) is 8.42 Å². The van der Waals surface area contributed by atoms with Crippen LogP contribution in [0.2, 0.25) is 5.15 Å². The van der Waals surface area contributed by atoms with Crippen molar-refractivity contribution >= 4 is 37.6 Å². The lowest BCUT2D eigenvalue weighted by atomic mass is 10.3. The molecule has 21 heavy (non-hydrogen) atoms. The van der Waals surface area contributed by atoms with Crippen molar-refractivity contribution < 1.29 is 13.2 Å². The van der Waals surface area contributed by atoms with Gasteiger partial charge in [-0.05, 0) is 34.1 Å². The molecule has 0 amide bonds. The number of aromatic nitrogens is 1. The van der Waals surface area contributed by atoms with Gasteiger partial charge in [0.1, 0.15) is 22.4 Å². The van der Waals surface area contributed by atoms with E-state index < -0.39 is 10.0 Å². The Kier molecular flexibility index (Phi) is 5.58. The Balaban J connectivity index is 1.94. The summed E-state index contributed by atoms with van der Waals surface area (Å²) in [6.07, 6.45) is 1.43. The molecule has 0 aliphatic rings. The Morgan fingerprint density at radius 1 is 1.29 bits per heavy atom. The minimum absolute atomic E-state index is 0.0711. The molecule has 1 N–H and O–H groups in total. The lowest BCUT2D eigenvalue weighted by Crippen LogP contribution is -2.28. The van der Waals surface area contributed by atoms with Crippen LogP contribution in [0.5, 0.6) is 5.75 Å². The van der Waals surface area contributed by atoms with Crippen LogP contribution in [-0.4, -0.2) is 26.6 Å². The smallest absolute Gasteiger partial charge is 0.243 e. The molecular formula is C13H12BrClN2O3S. The fraction of sp³-hybridized carbons (Fsp3) is 0.154. The van der Waals surface area contributed by atoms with Gasteiger partial charge in [0.05, 0.1) is 0 Å². The largest absolute Gasteiger partial charge is 0.492 e. The Morgan fingerprint density at radius 2 is 2.00 bits per heavy atom. The molecule has 2 aromatic rings. The van der Waals surface area contributed by atoms with Crippen molar-refractivity contribution in [2.24, 2.45) is 0 Å². The summed E-state index contributed by atoms with van der Waals surface area (Å²) in [5, 5.41) is -0.0744. The maximum absolute atomic E-state index is 12.1. The molecule has 0 atom stereocenters. The number of nitrogens with zero attached hydrogens (tertiary/aromatic N) is 1. The Labute approximate surface area is 136 Å². The van der Waals surface area contributed by atoms with Gasteiger partial charge in [0.25, 0.3) is 0 Å². The van der Waals surface area contributed by atoms with Crippen LogP contribution in [0.3, 0.4) is 0 Å². The number of hydrogen-bond acceptors (Lipinski definition) is 4. The van der Waals surface area contributed by atoms with Crippen LogP contribution < -0.4 is 9.46 Å². The molecule has 0 fully saturated rings. The first kappa shape index (κ1) is 16.2. The van der Waals surface area contributed by atoms with Crippen LogP contribution >= 0.6 is 27.5 Å². The van der Waals surface area contributed by atoms with Gasteiger partial charge in [-0.2, -0.15) is 0 Å². The summed E-state index contributed by atoms with van der Waals surface area (Å²) in [4.78, 5) is 3.72. The third kappa shape index (κ3) is 4.67. The van der Waals surface area contributed by atoms with Gasteiger partial charge in [-0.3, -0.25) is 0 Å². The first-order valence-electron chi connectivity index (χ1n) is 5.97. The summed E-state index contributed by atoms with van der Waals surface area (Å²) in [5.74, 6) is 0.679. The molecule has 2 rings (SSSR count). The molecule has 0 radical (unpaired) electrons. The van der Waals surface area contributed by atoms with Crippen molar-refractivity contribution in [2.45, 2.75) is 4.90 Å². The van der Waals surface area contributed by atoms with Crippen molar-refractivity contribution in [2.75, 3.05) is 13.2 Å². The predicted octanol–water partition coefficient (Wildman–Crippen LogP) is 2.85. The van der Waals surface area contributed by atoms with Gasteiger partial charge >= 0.3 is 0 Å². The van der Waals surface area contributed by atoms with Crippen molar-refractivity contribution in [3.05, 3.63) is 52.2 Å². The molecule has 1 heterocycles. The highest BCUT2D eigenvalue weighted by Crippen LogP contribution is 2.22. The van der Waals surface area contributed by atoms with Gasteiger partial charge in [0.2, 0.25) is 10.0 Å². The maximum Gasteiger partial charge on any atom is 0.243 e. The summed E-state index contributed by atoms with van der Waals surface area (Å²) in [6, 6.07) is 10.5. The van der Waals surface area contributed by atoms with Crippen LogP contribution in [0.25, 0.3) is 0 Å². The Morgan fingerprint density at radius 3 is 2.71 bits per heavy atom. The minimum atomic E-state index is -3.72. The zero-order chi connectivity index (χ0) is 15.3. The third-order valence-electron chi connectivity index (χ3n) is 2.47. The normalized spacial score (nSPS) is 11.3. The molecule has 0 bridgehead atoms. The average Bonchev–Trinajstić information content (AvgIpc) is 2.47. The summed E-state index contributed by atoms with van der Waals surface area (Å²) in [6.45, 7) is 0.336. The Bertz CT molecular complexity index is 711. The molecule has 8 heteroatoms. The predicted molar refractivity (Wildman–Crippen MR) is 84.1 cm³/mol. The number of nitrogens with one attached hydrogen (secondary N) is 1. The van der Waals surface area contributed by atoms with Crippen LogP contribution in [0.1, 0.15) is 0 Å². The van der Waals surface area contributed by atoms with E-state index in [1.54, 1.807) is 12.1 Å². The second kappa shape index (κ2) is 7.22. The number of pyridine rings is 1. The number of rotatable bonds is 6. The van der Waals surface area contributed by atoms with Gasteiger partial charge in [-0.15, -0.1) is 0 Å². The first-order chi connectivity index (χ1) is 9.99. The monoisotopic (exact) mass is 390 g/mol. The summed E-state index contributed by atoms with van der Waals surface area (Å²) in [5.41, 5.74) is 0. The molecular weight excluding hydrogens is 380 g/mol. The number of hydrogen-bond donors (Lipinski definition) is 1. The topological polar surface area (TPSA) is 68.3 Å². The van der Waals surface area contributed by atoms with Crippen LogP contribution in [-0.2, 0) is 10.0 Å². The third-order valence-corrected chi connectivity index (χ3v) is 4.79. The van der Waals surface area contributed by atoms with E-state index in [4.69, 9.17) is 16.3 Å². The second-order valence-electron chi connectivity index (χ2n) is 4.00. The van der Waals surface area contributed by atoms with Crippen molar-refractivity contribution in [1.29, 1.82) is 0 Å². The van der Waals surface area contributed by atoms with E-state index in [2.05, 4.69) is 25.6 Å². The van der Waals surface area contributed by atoms with Gasteiger partial charge in [-0.25, -0.2) is 18.1 Å². The highest BCUT2D eigenvalue weighted by Gasteiger charge is 2.18. The molecule has 0 saturated carbocycles. The average molecular weight is 392 g/mol. The highest BCUT2D eigenvalue weighted by molar-refractivity contribution is 9.10. The lowest BCUT2D eigenvalue weighted by molar-refractivity contribution is 0.323. The zero-order valence-electron chi connectivity index (χ0n) is 10.8. The molecule has 0 aliphatic heterocycles. The molecule has 112 valence electrons. The van der Waals surface area contributed by atoms with Crippen molar-refractivity contribution in [3.63, 3.8) is 0 Å². The van der Waals surface area contributed by atoms with Crippen LogP contribution in [0.15, 0.2) is 52.0 Å². The first-order valence-corrected chi connectivity index (χ1v) is 8.63. The standard InChI is InChI=1S/C13H12BrClN2O3S/c14-10-8-12(13(15)16-9-10)21(18,19)17-6-7-20-11-4-2-1-3-5-11/h1-5,8-9,17H,6-7H2. The van der Waals surface area contributed by atoms with E-state index in [-0.39, 0.29) is 23.2 Å². The quantitative estimate of drug-likeness (QED) is 0.607. The molecule has 5 nitrogen and oxygen atoms in total. The van der Waals surface area contributed by atoms with Gasteiger partial charge in [0, 0.05) is 17.2 Å². The lowest BCUT2D eigenvalue weighted by Gasteiger charge is -2.09. The molecule has 1 aromatic carbocycles. The number of ether oxygens (including phenoxy) is 1. The van der Waals surface area contributed by atoms with Gasteiger partial charge in [-0.1, -0.05) is 29.8 Å².